The van der Waals surface area contributed by atoms with Gasteiger partial charge in [-0.2, -0.15) is 0 Å². The van der Waals surface area contributed by atoms with Crippen molar-refractivity contribution in [3.8, 4) is 11.8 Å². The van der Waals surface area contributed by atoms with Crippen molar-refractivity contribution in [3.63, 3.8) is 0 Å². The molecule has 0 aliphatic carbocycles. The van der Waals surface area contributed by atoms with Crippen LogP contribution < -0.4 is 4.72 Å². The number of rotatable bonds is 4. The van der Waals surface area contributed by atoms with E-state index in [4.69, 9.17) is 5.11 Å². The Bertz CT molecular complexity index is 782. The summed E-state index contributed by atoms with van der Waals surface area (Å²) in [7, 11) is -3.52. The molecule has 0 aliphatic rings. The molecule has 0 fully saturated rings. The minimum atomic E-state index is -3.52. The number of sulfonamides is 1. The molecule has 0 amide bonds. The molecular weight excluding hydrogens is 306 g/mol. The third-order valence-electron chi connectivity index (χ3n) is 2.77. The summed E-state index contributed by atoms with van der Waals surface area (Å²) in [5.74, 6) is 5.35. The summed E-state index contributed by atoms with van der Waals surface area (Å²) in [5, 5.41) is 8.64. The summed E-state index contributed by atoms with van der Waals surface area (Å²) in [6.45, 7) is 1.80. The van der Waals surface area contributed by atoms with Crippen molar-refractivity contribution < 1.29 is 13.5 Å². The third kappa shape index (κ3) is 4.16. The van der Waals surface area contributed by atoms with Gasteiger partial charge in [-0.15, -0.1) is 11.3 Å². The fourth-order valence-electron chi connectivity index (χ4n) is 1.77. The van der Waals surface area contributed by atoms with E-state index in [0.29, 0.717) is 10.5 Å². The molecule has 2 rings (SSSR count). The fraction of sp³-hybridized carbons (Fsp3) is 0.200. The zero-order chi connectivity index (χ0) is 15.3. The van der Waals surface area contributed by atoms with Crippen molar-refractivity contribution in [1.82, 2.24) is 4.72 Å². The fourth-order valence-corrected chi connectivity index (χ4v) is 3.93. The van der Waals surface area contributed by atoms with Crippen LogP contribution in [-0.2, 0) is 16.6 Å². The van der Waals surface area contributed by atoms with Crippen molar-refractivity contribution >= 4 is 21.4 Å². The number of aliphatic hydroxyl groups excluding tert-OH is 1. The predicted octanol–water partition coefficient (Wildman–Crippen LogP) is 1.88. The van der Waals surface area contributed by atoms with E-state index in [1.807, 2.05) is 12.1 Å². The first-order chi connectivity index (χ1) is 10.0. The molecule has 21 heavy (non-hydrogen) atoms. The highest BCUT2D eigenvalue weighted by atomic mass is 32.2. The molecule has 2 aromatic rings. The van der Waals surface area contributed by atoms with Crippen LogP contribution in [0, 0.1) is 18.8 Å². The smallest absolute Gasteiger partial charge is 0.241 e. The van der Waals surface area contributed by atoms with Crippen LogP contribution in [0.3, 0.4) is 0 Å². The summed E-state index contributed by atoms with van der Waals surface area (Å²) >= 11 is 1.40. The van der Waals surface area contributed by atoms with E-state index >= 15 is 0 Å². The van der Waals surface area contributed by atoms with Gasteiger partial charge in [0.1, 0.15) is 6.61 Å². The van der Waals surface area contributed by atoms with Gasteiger partial charge in [0, 0.05) is 11.4 Å². The molecule has 0 atom stereocenters. The van der Waals surface area contributed by atoms with Crippen LogP contribution in [0.2, 0.25) is 0 Å². The maximum Gasteiger partial charge on any atom is 0.241 e. The molecule has 6 heteroatoms. The largest absolute Gasteiger partial charge is 0.384 e. The van der Waals surface area contributed by atoms with Crippen molar-refractivity contribution in [2.45, 2.75) is 18.4 Å². The Morgan fingerprint density at radius 3 is 2.71 bits per heavy atom. The van der Waals surface area contributed by atoms with E-state index < -0.39 is 10.0 Å². The summed E-state index contributed by atoms with van der Waals surface area (Å²) in [4.78, 5) is 1.96. The minimum absolute atomic E-state index is 0.187. The lowest BCUT2D eigenvalue weighted by molar-refractivity contribution is 0.350. The number of aliphatic hydroxyl groups is 1. The molecule has 0 radical (unpaired) electrons. The van der Waals surface area contributed by atoms with Crippen molar-refractivity contribution in [2.75, 3.05) is 6.61 Å². The zero-order valence-electron chi connectivity index (χ0n) is 11.5. The van der Waals surface area contributed by atoms with Crippen molar-refractivity contribution in [1.29, 1.82) is 0 Å². The second-order valence-electron chi connectivity index (χ2n) is 4.32. The molecule has 0 spiro atoms. The molecule has 110 valence electrons. The molecule has 0 bridgehead atoms. The molecule has 2 N–H and O–H groups in total. The van der Waals surface area contributed by atoms with Gasteiger partial charge in [-0.1, -0.05) is 30.0 Å². The van der Waals surface area contributed by atoms with E-state index in [2.05, 4.69) is 16.6 Å². The van der Waals surface area contributed by atoms with Gasteiger partial charge in [-0.05, 0) is 30.7 Å². The number of hydrogen-bond donors (Lipinski definition) is 2. The maximum absolute atomic E-state index is 12.2. The minimum Gasteiger partial charge on any atom is -0.384 e. The van der Waals surface area contributed by atoms with Crippen molar-refractivity contribution in [2.24, 2.45) is 0 Å². The topological polar surface area (TPSA) is 66.4 Å². The zero-order valence-corrected chi connectivity index (χ0v) is 13.1. The van der Waals surface area contributed by atoms with Gasteiger partial charge < -0.3 is 5.11 Å². The number of benzene rings is 1. The first-order valence-corrected chi connectivity index (χ1v) is 8.56. The quantitative estimate of drug-likeness (QED) is 0.845. The molecule has 0 saturated heterocycles. The lowest BCUT2D eigenvalue weighted by atomic mass is 10.2. The first-order valence-electron chi connectivity index (χ1n) is 6.26. The van der Waals surface area contributed by atoms with Crippen LogP contribution in [0.4, 0.5) is 0 Å². The highest BCUT2D eigenvalue weighted by Gasteiger charge is 2.15. The van der Waals surface area contributed by atoms with E-state index in [-0.39, 0.29) is 13.2 Å². The van der Waals surface area contributed by atoms with Gasteiger partial charge in [0.15, 0.2) is 0 Å². The SMILES string of the molecule is Cc1ccccc1S(=O)(=O)NCc1ccc(C#CCO)s1. The standard InChI is InChI=1S/C15H15NO3S2/c1-12-5-2-3-7-15(12)21(18,19)16-11-14-9-8-13(20-14)6-4-10-17/h2-3,5,7-9,16-17H,10-11H2,1H3. The summed E-state index contributed by atoms with van der Waals surface area (Å²) < 4.78 is 27.1. The van der Waals surface area contributed by atoms with Gasteiger partial charge in [0.2, 0.25) is 10.0 Å². The number of nitrogens with one attached hydrogen (secondary N) is 1. The normalized spacial score (nSPS) is 11.0. The van der Waals surface area contributed by atoms with Crippen LogP contribution in [0.1, 0.15) is 15.3 Å². The molecule has 0 saturated carbocycles. The summed E-state index contributed by atoms with van der Waals surface area (Å²) in [5.41, 5.74) is 0.714. The highest BCUT2D eigenvalue weighted by molar-refractivity contribution is 7.89. The molecule has 1 heterocycles. The third-order valence-corrected chi connectivity index (χ3v) is 5.33. The Morgan fingerprint density at radius 1 is 1.24 bits per heavy atom. The van der Waals surface area contributed by atoms with Gasteiger partial charge >= 0.3 is 0 Å². The maximum atomic E-state index is 12.2. The first kappa shape index (κ1) is 15.7. The Kier molecular flexibility index (Phi) is 5.15. The van der Waals surface area contributed by atoms with Gasteiger partial charge in [-0.3, -0.25) is 0 Å². The van der Waals surface area contributed by atoms with Crippen LogP contribution in [-0.4, -0.2) is 20.1 Å². The number of aryl methyl sites for hydroxylation is 1. The van der Waals surface area contributed by atoms with E-state index in [1.54, 1.807) is 31.2 Å². The number of hydrogen-bond acceptors (Lipinski definition) is 4. The lowest BCUT2D eigenvalue weighted by Crippen LogP contribution is -2.23. The van der Waals surface area contributed by atoms with E-state index in [9.17, 15) is 8.42 Å². The molecule has 1 aromatic carbocycles. The second-order valence-corrected chi connectivity index (χ2v) is 7.22. The molecule has 0 unspecified atom stereocenters. The Balaban J connectivity index is 2.09. The van der Waals surface area contributed by atoms with Gasteiger partial charge in [0.25, 0.3) is 0 Å². The van der Waals surface area contributed by atoms with Crippen LogP contribution in [0.15, 0.2) is 41.3 Å². The Hall–Kier alpha value is -1.65. The average Bonchev–Trinajstić information content (AvgIpc) is 2.91. The van der Waals surface area contributed by atoms with Crippen LogP contribution >= 0.6 is 11.3 Å². The molecule has 1 aromatic heterocycles. The monoisotopic (exact) mass is 321 g/mol. The van der Waals surface area contributed by atoms with E-state index in [0.717, 1.165) is 9.75 Å². The summed E-state index contributed by atoms with van der Waals surface area (Å²) in [6, 6.07) is 10.5. The van der Waals surface area contributed by atoms with Crippen molar-refractivity contribution in [3.05, 3.63) is 51.7 Å². The average molecular weight is 321 g/mol. The molecule has 4 nitrogen and oxygen atoms in total. The van der Waals surface area contributed by atoms with Crippen LogP contribution in [0.25, 0.3) is 0 Å². The summed E-state index contributed by atoms with van der Waals surface area (Å²) in [6.07, 6.45) is 0. The van der Waals surface area contributed by atoms with Crippen LogP contribution in [0.5, 0.6) is 0 Å². The molecular formula is C15H15NO3S2. The lowest BCUT2D eigenvalue weighted by Gasteiger charge is -2.08. The second kappa shape index (κ2) is 6.87. The highest BCUT2D eigenvalue weighted by Crippen LogP contribution is 2.18. The Labute approximate surface area is 128 Å². The number of thiophene rings is 1. The predicted molar refractivity (Wildman–Crippen MR) is 83.5 cm³/mol. The van der Waals surface area contributed by atoms with Gasteiger partial charge in [0.05, 0.1) is 9.77 Å². The van der Waals surface area contributed by atoms with E-state index in [1.165, 1.54) is 11.3 Å². The molecule has 0 aliphatic heterocycles. The van der Waals surface area contributed by atoms with Gasteiger partial charge in [-0.25, -0.2) is 13.1 Å². The Morgan fingerprint density at radius 2 is 2.00 bits per heavy atom.